The van der Waals surface area contributed by atoms with Gasteiger partial charge in [-0.05, 0) is 49.2 Å². The number of nitrogens with zero attached hydrogens (tertiary/aromatic N) is 1. The van der Waals surface area contributed by atoms with Crippen LogP contribution >= 0.6 is 0 Å². The van der Waals surface area contributed by atoms with Gasteiger partial charge >= 0.3 is 0 Å². The highest BCUT2D eigenvalue weighted by Crippen LogP contribution is 2.19. The lowest BCUT2D eigenvalue weighted by Crippen LogP contribution is -2.32. The lowest BCUT2D eigenvalue weighted by atomic mass is 10.1. The van der Waals surface area contributed by atoms with Crippen LogP contribution in [0.5, 0.6) is 5.75 Å². The maximum Gasteiger partial charge on any atom is 0.251 e. The van der Waals surface area contributed by atoms with Crippen molar-refractivity contribution in [3.05, 3.63) is 59.2 Å². The molecule has 0 aliphatic rings. The number of sulfonamides is 1. The van der Waals surface area contributed by atoms with Crippen LogP contribution in [0.4, 0.5) is 0 Å². The fourth-order valence-corrected chi connectivity index (χ4v) is 4.54. The number of carbonyl (C=O) groups excluding carboxylic acids is 2. The van der Waals surface area contributed by atoms with Gasteiger partial charge in [-0.1, -0.05) is 26.0 Å². The van der Waals surface area contributed by atoms with E-state index in [-0.39, 0.29) is 22.5 Å². The van der Waals surface area contributed by atoms with Gasteiger partial charge in [0.25, 0.3) is 11.8 Å². The number of carbonyl (C=O) groups is 2. The van der Waals surface area contributed by atoms with Gasteiger partial charge in [-0.25, -0.2) is 8.42 Å². The molecule has 0 fully saturated rings. The molecule has 31 heavy (non-hydrogen) atoms. The Kier molecular flexibility index (Phi) is 8.58. The summed E-state index contributed by atoms with van der Waals surface area (Å²) in [4.78, 5) is 24.7. The van der Waals surface area contributed by atoms with Gasteiger partial charge < -0.3 is 15.7 Å². The summed E-state index contributed by atoms with van der Waals surface area (Å²) in [7, 11) is -3.65. The molecular weight excluding hydrogens is 418 g/mol. The second-order valence-electron chi connectivity index (χ2n) is 6.98. The third kappa shape index (κ3) is 6.28. The molecule has 2 rings (SSSR count). The topological polar surface area (TPSA) is 116 Å². The van der Waals surface area contributed by atoms with Crippen LogP contribution in [0, 0.1) is 6.92 Å². The molecule has 0 aliphatic carbocycles. The number of benzene rings is 2. The molecule has 2 aromatic rings. The number of phenols is 1. The fraction of sp³-hybridized carbons (Fsp3) is 0.364. The summed E-state index contributed by atoms with van der Waals surface area (Å²) in [6, 6.07) is 10.6. The van der Waals surface area contributed by atoms with Crippen molar-refractivity contribution in [1.29, 1.82) is 0 Å². The van der Waals surface area contributed by atoms with Gasteiger partial charge in [0.15, 0.2) is 0 Å². The largest absolute Gasteiger partial charge is 0.508 e. The summed E-state index contributed by atoms with van der Waals surface area (Å²) in [6.07, 6.45) is 0.493. The third-order valence-corrected chi connectivity index (χ3v) is 6.88. The molecule has 2 aromatic carbocycles. The van der Waals surface area contributed by atoms with E-state index in [0.717, 1.165) is 0 Å². The minimum atomic E-state index is -3.65. The highest BCUT2D eigenvalue weighted by molar-refractivity contribution is 7.89. The van der Waals surface area contributed by atoms with Gasteiger partial charge in [0.05, 0.1) is 4.90 Å². The van der Waals surface area contributed by atoms with Crippen LogP contribution in [0.25, 0.3) is 0 Å². The van der Waals surface area contributed by atoms with Gasteiger partial charge in [-0.3, -0.25) is 9.59 Å². The molecule has 0 spiro atoms. The maximum absolute atomic E-state index is 12.7. The van der Waals surface area contributed by atoms with E-state index < -0.39 is 10.0 Å². The van der Waals surface area contributed by atoms with Crippen LogP contribution in [0.1, 0.15) is 46.5 Å². The summed E-state index contributed by atoms with van der Waals surface area (Å²) >= 11 is 0. The molecule has 2 amide bonds. The Balaban J connectivity index is 1.93. The van der Waals surface area contributed by atoms with E-state index in [9.17, 15) is 23.1 Å². The average Bonchev–Trinajstić information content (AvgIpc) is 2.74. The Morgan fingerprint density at radius 2 is 1.61 bits per heavy atom. The van der Waals surface area contributed by atoms with Crippen LogP contribution in [-0.2, 0) is 10.0 Å². The van der Waals surface area contributed by atoms with Crippen LogP contribution in [-0.4, -0.2) is 55.8 Å². The lowest BCUT2D eigenvalue weighted by Gasteiger charge is -2.19. The summed E-state index contributed by atoms with van der Waals surface area (Å²) in [5.41, 5.74) is 1.33. The van der Waals surface area contributed by atoms with E-state index in [4.69, 9.17) is 0 Å². The first kappa shape index (κ1) is 24.4. The average molecular weight is 448 g/mol. The van der Waals surface area contributed by atoms with Crippen molar-refractivity contribution in [2.45, 2.75) is 32.1 Å². The van der Waals surface area contributed by atoms with Crippen LogP contribution in [0.2, 0.25) is 0 Å². The first-order valence-corrected chi connectivity index (χ1v) is 11.6. The number of rotatable bonds is 10. The highest BCUT2D eigenvalue weighted by Gasteiger charge is 2.23. The zero-order valence-corrected chi connectivity index (χ0v) is 18.8. The van der Waals surface area contributed by atoms with Crippen molar-refractivity contribution < 1.29 is 23.1 Å². The molecule has 168 valence electrons. The van der Waals surface area contributed by atoms with Crippen molar-refractivity contribution in [2.75, 3.05) is 26.2 Å². The van der Waals surface area contributed by atoms with Gasteiger partial charge in [-0.15, -0.1) is 0 Å². The molecule has 0 unspecified atom stereocenters. The number of phenolic OH excluding ortho intramolecular Hbond substituents is 1. The molecular formula is C22H29N3O5S. The van der Waals surface area contributed by atoms with Gasteiger partial charge in [0.1, 0.15) is 5.75 Å². The van der Waals surface area contributed by atoms with Crippen molar-refractivity contribution >= 4 is 21.8 Å². The van der Waals surface area contributed by atoms with Crippen molar-refractivity contribution in [3.63, 3.8) is 0 Å². The first-order valence-electron chi connectivity index (χ1n) is 10.2. The highest BCUT2D eigenvalue weighted by atomic mass is 32.2. The zero-order chi connectivity index (χ0) is 23.0. The van der Waals surface area contributed by atoms with Crippen LogP contribution < -0.4 is 10.6 Å². The minimum absolute atomic E-state index is 0.0144. The molecule has 0 heterocycles. The SMILES string of the molecule is CCN(CC)S(=O)(=O)c1ccc(C)c(C(=O)NCCCNC(=O)c2cccc(O)c2)c1. The molecule has 8 nitrogen and oxygen atoms in total. The molecule has 0 bridgehead atoms. The van der Waals surface area contributed by atoms with E-state index in [1.54, 1.807) is 39.0 Å². The second-order valence-corrected chi connectivity index (χ2v) is 8.92. The van der Waals surface area contributed by atoms with E-state index in [0.29, 0.717) is 49.3 Å². The number of hydrogen-bond donors (Lipinski definition) is 3. The van der Waals surface area contributed by atoms with Crippen LogP contribution in [0.15, 0.2) is 47.4 Å². The second kappa shape index (κ2) is 10.9. The van der Waals surface area contributed by atoms with Crippen molar-refractivity contribution in [3.8, 4) is 5.75 Å². The Bertz CT molecular complexity index is 1030. The van der Waals surface area contributed by atoms with Gasteiger partial charge in [-0.2, -0.15) is 4.31 Å². The fourth-order valence-electron chi connectivity index (χ4n) is 3.06. The molecule has 0 aliphatic heterocycles. The summed E-state index contributed by atoms with van der Waals surface area (Å²) in [5.74, 6) is -0.665. The number of aryl methyl sites for hydroxylation is 1. The molecule has 0 atom stereocenters. The Morgan fingerprint density at radius 1 is 0.968 bits per heavy atom. The normalized spacial score (nSPS) is 11.4. The molecule has 0 saturated heterocycles. The predicted octanol–water partition coefficient (Wildman–Crippen LogP) is 2.28. The smallest absolute Gasteiger partial charge is 0.251 e. The molecule has 0 aromatic heterocycles. The van der Waals surface area contributed by atoms with E-state index >= 15 is 0 Å². The zero-order valence-electron chi connectivity index (χ0n) is 18.0. The monoisotopic (exact) mass is 447 g/mol. The standard InChI is InChI=1S/C22H29N3O5S/c1-4-25(5-2)31(29,30)19-11-10-16(3)20(15-19)22(28)24-13-7-12-23-21(27)17-8-6-9-18(26)14-17/h6,8-11,14-15,26H,4-5,7,12-13H2,1-3H3,(H,23,27)(H,24,28). The van der Waals surface area contributed by atoms with E-state index in [1.165, 1.54) is 28.6 Å². The minimum Gasteiger partial charge on any atom is -0.508 e. The van der Waals surface area contributed by atoms with E-state index in [1.807, 2.05) is 0 Å². The van der Waals surface area contributed by atoms with Gasteiger partial charge in [0.2, 0.25) is 10.0 Å². The predicted molar refractivity (Wildman–Crippen MR) is 119 cm³/mol. The summed E-state index contributed by atoms with van der Waals surface area (Å²) in [5, 5.41) is 14.9. The Labute approximate surface area is 183 Å². The molecule has 0 saturated carbocycles. The number of amides is 2. The number of aromatic hydroxyl groups is 1. The lowest BCUT2D eigenvalue weighted by molar-refractivity contribution is 0.0951. The third-order valence-electron chi connectivity index (χ3n) is 4.83. The molecule has 3 N–H and O–H groups in total. The quantitative estimate of drug-likeness (QED) is 0.483. The first-order chi connectivity index (χ1) is 14.7. The Morgan fingerprint density at radius 3 is 2.23 bits per heavy atom. The van der Waals surface area contributed by atoms with Crippen molar-refractivity contribution in [2.24, 2.45) is 0 Å². The van der Waals surface area contributed by atoms with Crippen LogP contribution in [0.3, 0.4) is 0 Å². The summed E-state index contributed by atoms with van der Waals surface area (Å²) in [6.45, 7) is 6.63. The van der Waals surface area contributed by atoms with Crippen molar-refractivity contribution in [1.82, 2.24) is 14.9 Å². The number of hydrogen-bond acceptors (Lipinski definition) is 5. The van der Waals surface area contributed by atoms with E-state index in [2.05, 4.69) is 10.6 Å². The summed E-state index contributed by atoms with van der Waals surface area (Å²) < 4.78 is 26.8. The molecule has 0 radical (unpaired) electrons. The Hall–Kier alpha value is -2.91. The maximum atomic E-state index is 12.7. The molecule has 9 heteroatoms. The number of nitrogens with one attached hydrogen (secondary N) is 2. The van der Waals surface area contributed by atoms with Gasteiger partial charge in [0, 0.05) is 37.3 Å².